The fraction of sp³-hybridized carbons (Fsp3) is 0.235. The molecule has 4 aromatic carbocycles. The number of halogens is 1. The first kappa shape index (κ1) is 47.7. The van der Waals surface area contributed by atoms with Gasteiger partial charge in [-0.3, -0.25) is 14.5 Å². The number of oxime groups is 1. The summed E-state index contributed by atoms with van der Waals surface area (Å²) >= 11 is 4.14. The van der Waals surface area contributed by atoms with Crippen LogP contribution in [0.1, 0.15) is 59.5 Å². The number of nitrogens with zero attached hydrogens (tertiary/aromatic N) is 6. The maximum atomic E-state index is 14.5. The number of imidazole rings is 1. The molecule has 5 heterocycles. The van der Waals surface area contributed by atoms with Gasteiger partial charge in [-0.15, -0.1) is 11.8 Å². The minimum atomic E-state index is -0.992. The quantitative estimate of drug-likeness (QED) is 0.0261. The largest absolute Gasteiger partial charge is 1.00 e. The van der Waals surface area contributed by atoms with Crippen molar-refractivity contribution >= 4 is 74.2 Å². The molecule has 14 nitrogen and oxygen atoms in total. The number of carbonyl (C=O) groups is 3. The van der Waals surface area contributed by atoms with Gasteiger partial charge in [0, 0.05) is 22.7 Å². The molecule has 7 aromatic rings. The second-order valence-corrected chi connectivity index (χ2v) is 19.4. The van der Waals surface area contributed by atoms with E-state index in [9.17, 15) is 14.4 Å². The Morgan fingerprint density at radius 2 is 1.57 bits per heavy atom. The Morgan fingerprint density at radius 1 is 0.913 bits per heavy atom. The number of methoxy groups -OCH3 is 1. The van der Waals surface area contributed by atoms with E-state index in [1.165, 1.54) is 16.7 Å². The molecular formula is C51H47IN8O6S3. The molecule has 2 fully saturated rings. The number of β-lactam (4-membered cyclic amide) rings is 1. The Hall–Kier alpha value is -6.35. The molecule has 1 saturated carbocycles. The van der Waals surface area contributed by atoms with Gasteiger partial charge in [-0.2, -0.15) is 13.8 Å². The molecule has 0 bridgehead atoms. The van der Waals surface area contributed by atoms with Crippen LogP contribution in [0.5, 0.6) is 5.75 Å². The molecule has 1 aliphatic carbocycles. The van der Waals surface area contributed by atoms with Crippen LogP contribution in [-0.2, 0) is 43.2 Å². The van der Waals surface area contributed by atoms with Crippen molar-refractivity contribution in [3.8, 4) is 5.75 Å². The highest BCUT2D eigenvalue weighted by atomic mass is 127. The summed E-state index contributed by atoms with van der Waals surface area (Å²) in [6, 6.07) is 36.6. The molecule has 69 heavy (non-hydrogen) atoms. The number of hydrogen-bond acceptors (Lipinski definition) is 13. The van der Waals surface area contributed by atoms with E-state index in [2.05, 4.69) is 61.0 Å². The summed E-state index contributed by atoms with van der Waals surface area (Å²) in [4.78, 5) is 56.4. The van der Waals surface area contributed by atoms with E-state index in [1.807, 2.05) is 108 Å². The lowest BCUT2D eigenvalue weighted by molar-refractivity contribution is -0.669. The second kappa shape index (κ2) is 21.1. The van der Waals surface area contributed by atoms with Crippen molar-refractivity contribution in [2.24, 2.45) is 12.2 Å². The number of aryl methyl sites for hydroxylation is 1. The van der Waals surface area contributed by atoms with Crippen molar-refractivity contribution in [1.29, 1.82) is 0 Å². The molecule has 2 N–H and O–H groups in total. The number of anilines is 1. The van der Waals surface area contributed by atoms with E-state index >= 15 is 0 Å². The van der Waals surface area contributed by atoms with Crippen molar-refractivity contribution in [2.45, 2.75) is 55.3 Å². The van der Waals surface area contributed by atoms with Crippen molar-refractivity contribution in [2.75, 3.05) is 18.2 Å². The Labute approximate surface area is 428 Å². The number of thiazole rings is 1. The van der Waals surface area contributed by atoms with E-state index in [-0.39, 0.29) is 53.9 Å². The number of amides is 2. The monoisotopic (exact) mass is 1090 g/mol. The molecule has 10 rings (SSSR count). The smallest absolute Gasteiger partial charge is 0.355 e. The highest BCUT2D eigenvalue weighted by Crippen LogP contribution is 2.43. The maximum Gasteiger partial charge on any atom is 0.355 e. The van der Waals surface area contributed by atoms with E-state index in [4.69, 9.17) is 19.3 Å². The Kier molecular flexibility index (Phi) is 14.6. The summed E-state index contributed by atoms with van der Waals surface area (Å²) in [5, 5.41) is 12.9. The zero-order valence-corrected chi connectivity index (χ0v) is 42.2. The van der Waals surface area contributed by atoms with Crippen LogP contribution in [0.2, 0.25) is 0 Å². The Balaban J connectivity index is 0.00000593. The number of hydrogen-bond donors (Lipinski definition) is 2. The lowest BCUT2D eigenvalue weighted by Crippen LogP contribution is -3.00. The third kappa shape index (κ3) is 9.79. The van der Waals surface area contributed by atoms with Crippen molar-refractivity contribution in [3.05, 3.63) is 184 Å². The lowest BCUT2D eigenvalue weighted by atomic mass is 9.77. The first-order chi connectivity index (χ1) is 33.3. The summed E-state index contributed by atoms with van der Waals surface area (Å²) in [6.07, 6.45) is 11.2. The maximum absolute atomic E-state index is 14.5. The molecule has 2 aliphatic heterocycles. The van der Waals surface area contributed by atoms with Crippen molar-refractivity contribution in [3.63, 3.8) is 0 Å². The molecule has 2 amide bonds. The number of carbonyl (C=O) groups excluding carboxylic acids is 3. The molecule has 352 valence electrons. The average molecular weight is 1090 g/mol. The van der Waals surface area contributed by atoms with E-state index in [0.717, 1.165) is 70.0 Å². The van der Waals surface area contributed by atoms with Crippen LogP contribution in [0.15, 0.2) is 156 Å². The summed E-state index contributed by atoms with van der Waals surface area (Å²) < 4.78 is 19.9. The molecular weight excluding hydrogens is 1040 g/mol. The number of nitrogens with one attached hydrogen (secondary N) is 2. The van der Waals surface area contributed by atoms with Gasteiger partial charge >= 0.3 is 5.97 Å². The average Bonchev–Trinajstić information content (AvgIpc) is 4.22. The number of ether oxygens (including phenoxy) is 2. The molecule has 3 aliphatic rings. The molecule has 0 spiro atoms. The van der Waals surface area contributed by atoms with Crippen LogP contribution >= 0.6 is 34.6 Å². The van der Waals surface area contributed by atoms with Gasteiger partial charge in [-0.25, -0.2) is 9.36 Å². The zero-order chi connectivity index (χ0) is 46.6. The predicted octanol–water partition coefficient (Wildman–Crippen LogP) is 4.87. The van der Waals surface area contributed by atoms with Gasteiger partial charge in [0.25, 0.3) is 11.8 Å². The predicted molar refractivity (Wildman–Crippen MR) is 263 cm³/mol. The van der Waals surface area contributed by atoms with Gasteiger partial charge in [0.05, 0.1) is 14.2 Å². The molecule has 3 aromatic heterocycles. The number of thioether (sulfide) groups is 1. The topological polar surface area (TPSA) is 153 Å². The third-order valence-electron chi connectivity index (χ3n) is 12.3. The van der Waals surface area contributed by atoms with E-state index < -0.39 is 34.7 Å². The molecule has 1 saturated heterocycles. The Morgan fingerprint density at radius 3 is 2.20 bits per heavy atom. The van der Waals surface area contributed by atoms with Gasteiger partial charge in [-0.1, -0.05) is 126 Å². The van der Waals surface area contributed by atoms with E-state index in [1.54, 1.807) is 30.6 Å². The number of aromatic nitrogens is 4. The standard InChI is InChI=1S/C51H46N8O6S3.HI/c1-57-28-41-58(32-57)38(31-66-41)25-24-34-30-67-48-43(47(61)59(48)44(34)49(62)64-29-33-22-26-39(63-2)27-23-33)52-46(60)42(55-65-40-20-12-13-21-40)45-53-50(68-56-45)54-51(35-14-6-3-7-15-35,36-16-8-4-9-17-36)37-18-10-5-11-19-37;/h3-11,14-19,22-28,31-32,40,43,48H,12-13,20-21,29-30H2,1-2H3,(H-,52,53,54,56,60);1H/b25-24?,55-42-;/t43-,48-;/m1./s1. The number of rotatable bonds is 16. The van der Waals surface area contributed by atoms with Crippen LogP contribution < -0.4 is 43.9 Å². The molecule has 2 atom stereocenters. The number of benzene rings is 4. The summed E-state index contributed by atoms with van der Waals surface area (Å²) in [6.45, 7) is -0.0180. The van der Waals surface area contributed by atoms with Crippen LogP contribution in [0.25, 0.3) is 10.9 Å². The van der Waals surface area contributed by atoms with Gasteiger partial charge in [0.15, 0.2) is 0 Å². The summed E-state index contributed by atoms with van der Waals surface area (Å²) in [5.74, 6) is -0.690. The third-order valence-corrected chi connectivity index (χ3v) is 15.1. The van der Waals surface area contributed by atoms with Crippen LogP contribution in [0.4, 0.5) is 5.13 Å². The highest BCUT2D eigenvalue weighted by molar-refractivity contribution is 8.00. The molecule has 0 unspecified atom stereocenters. The van der Waals surface area contributed by atoms with Crippen molar-refractivity contribution < 1.29 is 57.2 Å². The van der Waals surface area contributed by atoms with Crippen LogP contribution in [0, 0.1) is 0 Å². The van der Waals surface area contributed by atoms with Gasteiger partial charge in [0.1, 0.15) is 53.0 Å². The summed E-state index contributed by atoms with van der Waals surface area (Å²) in [5.41, 5.74) is 4.29. The molecule has 18 heteroatoms. The number of fused-ring (bicyclic) bond motifs is 2. The number of allylic oxidation sites excluding steroid dienone is 1. The minimum absolute atomic E-state index is 0. The second-order valence-electron chi connectivity index (χ2n) is 16.6. The van der Waals surface area contributed by atoms with Crippen LogP contribution in [-0.4, -0.2) is 72.5 Å². The van der Waals surface area contributed by atoms with Gasteiger partial charge in [0.2, 0.25) is 27.8 Å². The van der Waals surface area contributed by atoms with Gasteiger partial charge in [-0.05, 0) is 71.7 Å². The normalized spacial score (nSPS) is 17.3. The number of esters is 1. The van der Waals surface area contributed by atoms with E-state index in [0.29, 0.717) is 22.2 Å². The fourth-order valence-corrected chi connectivity index (χ4v) is 11.7. The Bertz CT molecular complexity index is 2950. The molecule has 0 radical (unpaired) electrons. The fourth-order valence-electron chi connectivity index (χ4n) is 8.80. The van der Waals surface area contributed by atoms with Gasteiger partial charge < -0.3 is 48.9 Å². The van der Waals surface area contributed by atoms with Crippen LogP contribution in [0.3, 0.4) is 0 Å². The zero-order valence-electron chi connectivity index (χ0n) is 37.6. The lowest BCUT2D eigenvalue weighted by Gasteiger charge is -2.49. The SMILES string of the molecule is COc1ccc(COC(=O)C2=C(C=Cc3csc4c[n+](C)cn34)CS[C@@H]3[C@H](NC(=O)/C(=N\OC4CCCC4)c4nsc(NC(c5ccccc5)(c5ccccc5)c5ccccc5)n4)C(=O)N23)cc1.[I-]. The van der Waals surface area contributed by atoms with Crippen molar-refractivity contribution in [1.82, 2.24) is 24.0 Å². The highest BCUT2D eigenvalue weighted by Gasteiger charge is 2.54. The summed E-state index contributed by atoms with van der Waals surface area (Å²) in [7, 11) is 3.55. The first-order valence-corrected chi connectivity index (χ1v) is 24.9. The first-order valence-electron chi connectivity index (χ1n) is 22.2. The minimum Gasteiger partial charge on any atom is -1.00 e.